The second kappa shape index (κ2) is 10.9. The van der Waals surface area contributed by atoms with Gasteiger partial charge in [-0.2, -0.15) is 0 Å². The Balaban J connectivity index is 0.000000487. The molecule has 26 heavy (non-hydrogen) atoms. The predicted molar refractivity (Wildman–Crippen MR) is 90.7 cm³/mol. The Morgan fingerprint density at radius 3 is 2.23 bits per heavy atom. The van der Waals surface area contributed by atoms with Crippen molar-refractivity contribution >= 4 is 23.5 Å². The Bertz CT molecular complexity index is 617. The van der Waals surface area contributed by atoms with Crippen LogP contribution in [0.5, 0.6) is 11.5 Å². The van der Waals surface area contributed by atoms with Crippen molar-refractivity contribution in [2.45, 2.75) is 0 Å². The van der Waals surface area contributed by atoms with Gasteiger partial charge in [0, 0.05) is 19.2 Å². The molecule has 144 valence electrons. The van der Waals surface area contributed by atoms with Crippen LogP contribution < -0.4 is 14.8 Å². The highest BCUT2D eigenvalue weighted by molar-refractivity contribution is 6.27. The van der Waals surface area contributed by atoms with E-state index in [-0.39, 0.29) is 5.91 Å². The minimum Gasteiger partial charge on any atom is -0.497 e. The maximum Gasteiger partial charge on any atom is 0.414 e. The van der Waals surface area contributed by atoms with Gasteiger partial charge in [-0.25, -0.2) is 9.59 Å². The monoisotopic (exact) mass is 370 g/mol. The van der Waals surface area contributed by atoms with E-state index in [0.717, 1.165) is 13.1 Å². The standard InChI is InChI=1S/C14H20N2O4.C2H2O4/c1-18-11-3-4-13(19-2)12(9-11)15-14(17)10-16-5-7-20-8-6-16;3-1(4)2(5)6/h3-4,9H,5-8,10H2,1-2H3,(H,15,17);(H,3,4)(H,5,6). The molecule has 0 unspecified atom stereocenters. The average molecular weight is 370 g/mol. The van der Waals surface area contributed by atoms with Gasteiger partial charge in [-0.15, -0.1) is 0 Å². The zero-order valence-electron chi connectivity index (χ0n) is 14.6. The van der Waals surface area contributed by atoms with Gasteiger partial charge in [0.1, 0.15) is 11.5 Å². The van der Waals surface area contributed by atoms with E-state index >= 15 is 0 Å². The number of carboxylic acids is 2. The first-order valence-corrected chi connectivity index (χ1v) is 7.65. The van der Waals surface area contributed by atoms with Crippen molar-refractivity contribution in [3.8, 4) is 11.5 Å². The lowest BCUT2D eigenvalue weighted by atomic mass is 10.2. The first-order valence-electron chi connectivity index (χ1n) is 7.65. The highest BCUT2D eigenvalue weighted by Gasteiger charge is 2.15. The van der Waals surface area contributed by atoms with E-state index in [2.05, 4.69) is 10.2 Å². The van der Waals surface area contributed by atoms with E-state index in [1.807, 2.05) is 0 Å². The van der Waals surface area contributed by atoms with Gasteiger partial charge < -0.3 is 29.7 Å². The number of rotatable bonds is 5. The van der Waals surface area contributed by atoms with Gasteiger partial charge in [0.15, 0.2) is 0 Å². The van der Waals surface area contributed by atoms with Gasteiger partial charge in [0.2, 0.25) is 5.91 Å². The fourth-order valence-corrected chi connectivity index (χ4v) is 2.06. The molecular weight excluding hydrogens is 348 g/mol. The van der Waals surface area contributed by atoms with Crippen LogP contribution in [-0.4, -0.2) is 80.0 Å². The summed E-state index contributed by atoms with van der Waals surface area (Å²) < 4.78 is 15.6. The van der Waals surface area contributed by atoms with E-state index in [1.165, 1.54) is 0 Å². The number of amides is 1. The second-order valence-electron chi connectivity index (χ2n) is 5.11. The molecule has 3 N–H and O–H groups in total. The molecule has 0 aromatic heterocycles. The molecule has 1 aromatic rings. The summed E-state index contributed by atoms with van der Waals surface area (Å²) in [5.74, 6) is -2.43. The lowest BCUT2D eigenvalue weighted by Crippen LogP contribution is -2.41. The summed E-state index contributed by atoms with van der Waals surface area (Å²) in [5.41, 5.74) is 0.616. The number of anilines is 1. The number of aliphatic carboxylic acids is 2. The molecule has 1 heterocycles. The summed E-state index contributed by atoms with van der Waals surface area (Å²) in [6.45, 7) is 3.26. The summed E-state index contributed by atoms with van der Waals surface area (Å²) in [7, 11) is 3.15. The molecule has 2 rings (SSSR count). The fourth-order valence-electron chi connectivity index (χ4n) is 2.06. The van der Waals surface area contributed by atoms with Gasteiger partial charge in [-0.05, 0) is 12.1 Å². The van der Waals surface area contributed by atoms with Crippen LogP contribution in [0.4, 0.5) is 5.69 Å². The minimum absolute atomic E-state index is 0.0709. The van der Waals surface area contributed by atoms with Crippen LogP contribution in [0.2, 0.25) is 0 Å². The summed E-state index contributed by atoms with van der Waals surface area (Å²) >= 11 is 0. The van der Waals surface area contributed by atoms with Crippen LogP contribution in [0.15, 0.2) is 18.2 Å². The number of carboxylic acid groups (broad SMARTS) is 2. The van der Waals surface area contributed by atoms with E-state index in [0.29, 0.717) is 36.9 Å². The highest BCUT2D eigenvalue weighted by Crippen LogP contribution is 2.28. The van der Waals surface area contributed by atoms with Gasteiger partial charge in [-0.1, -0.05) is 0 Å². The lowest BCUT2D eigenvalue weighted by molar-refractivity contribution is -0.159. The van der Waals surface area contributed by atoms with Crippen LogP contribution in [0.1, 0.15) is 0 Å². The van der Waals surface area contributed by atoms with E-state index in [9.17, 15) is 4.79 Å². The number of ether oxygens (including phenoxy) is 3. The van der Waals surface area contributed by atoms with Gasteiger partial charge in [-0.3, -0.25) is 9.69 Å². The normalized spacial score (nSPS) is 13.8. The first kappa shape index (κ1) is 21.2. The molecule has 1 aromatic carbocycles. The highest BCUT2D eigenvalue weighted by atomic mass is 16.5. The number of nitrogens with one attached hydrogen (secondary N) is 1. The van der Waals surface area contributed by atoms with Gasteiger partial charge in [0.25, 0.3) is 0 Å². The van der Waals surface area contributed by atoms with Crippen LogP contribution in [-0.2, 0) is 19.1 Å². The minimum atomic E-state index is -1.82. The third-order valence-corrected chi connectivity index (χ3v) is 3.33. The van der Waals surface area contributed by atoms with Gasteiger partial charge >= 0.3 is 11.9 Å². The molecule has 0 saturated carbocycles. The van der Waals surface area contributed by atoms with Crippen LogP contribution in [0.3, 0.4) is 0 Å². The van der Waals surface area contributed by atoms with Crippen molar-refractivity contribution in [3.05, 3.63) is 18.2 Å². The number of carbonyl (C=O) groups excluding carboxylic acids is 1. The number of methoxy groups -OCH3 is 2. The molecule has 0 aliphatic carbocycles. The maximum atomic E-state index is 12.1. The van der Waals surface area contributed by atoms with E-state index in [1.54, 1.807) is 32.4 Å². The van der Waals surface area contributed by atoms with Gasteiger partial charge in [0.05, 0.1) is 39.7 Å². The van der Waals surface area contributed by atoms with Crippen molar-refractivity contribution in [2.75, 3.05) is 52.4 Å². The van der Waals surface area contributed by atoms with Crippen molar-refractivity contribution in [1.29, 1.82) is 0 Å². The molecule has 1 saturated heterocycles. The molecular formula is C16H22N2O8. The van der Waals surface area contributed by atoms with Crippen LogP contribution in [0, 0.1) is 0 Å². The van der Waals surface area contributed by atoms with Crippen molar-refractivity contribution in [1.82, 2.24) is 4.90 Å². The lowest BCUT2D eigenvalue weighted by Gasteiger charge is -2.25. The third kappa shape index (κ3) is 7.36. The largest absolute Gasteiger partial charge is 0.497 e. The van der Waals surface area contributed by atoms with Crippen molar-refractivity contribution in [3.63, 3.8) is 0 Å². The number of hydrogen-bond donors (Lipinski definition) is 3. The summed E-state index contributed by atoms with van der Waals surface area (Å²) in [6.07, 6.45) is 0. The quantitative estimate of drug-likeness (QED) is 0.618. The Kier molecular flexibility index (Phi) is 8.88. The number of carbonyl (C=O) groups is 3. The summed E-state index contributed by atoms with van der Waals surface area (Å²) in [4.78, 5) is 32.3. The average Bonchev–Trinajstić information content (AvgIpc) is 2.62. The number of morpholine rings is 1. The predicted octanol–water partition coefficient (Wildman–Crippen LogP) is 0.130. The molecule has 1 aliphatic heterocycles. The van der Waals surface area contributed by atoms with Crippen LogP contribution >= 0.6 is 0 Å². The zero-order chi connectivity index (χ0) is 19.5. The third-order valence-electron chi connectivity index (χ3n) is 3.33. The Morgan fingerprint density at radius 1 is 1.12 bits per heavy atom. The van der Waals surface area contributed by atoms with E-state index < -0.39 is 11.9 Å². The summed E-state index contributed by atoms with van der Waals surface area (Å²) in [5, 5.41) is 17.6. The molecule has 1 fully saturated rings. The summed E-state index contributed by atoms with van der Waals surface area (Å²) in [6, 6.07) is 5.30. The Labute approximate surface area is 150 Å². The molecule has 1 aliphatic rings. The number of hydrogen-bond acceptors (Lipinski definition) is 7. The van der Waals surface area contributed by atoms with Crippen molar-refractivity contribution < 1.29 is 38.8 Å². The van der Waals surface area contributed by atoms with Crippen LogP contribution in [0.25, 0.3) is 0 Å². The topological polar surface area (TPSA) is 135 Å². The molecule has 0 bridgehead atoms. The molecule has 0 radical (unpaired) electrons. The van der Waals surface area contributed by atoms with Crippen molar-refractivity contribution in [2.24, 2.45) is 0 Å². The number of nitrogens with zero attached hydrogens (tertiary/aromatic N) is 1. The second-order valence-corrected chi connectivity index (χ2v) is 5.11. The SMILES string of the molecule is COc1ccc(OC)c(NC(=O)CN2CCOCC2)c1.O=C(O)C(=O)O. The Hall–Kier alpha value is -2.85. The molecule has 1 amide bonds. The smallest absolute Gasteiger partial charge is 0.414 e. The Morgan fingerprint density at radius 2 is 1.73 bits per heavy atom. The molecule has 0 atom stereocenters. The molecule has 0 spiro atoms. The number of benzene rings is 1. The molecule has 10 heteroatoms. The van der Waals surface area contributed by atoms with E-state index in [4.69, 9.17) is 34.0 Å². The molecule has 10 nitrogen and oxygen atoms in total. The first-order chi connectivity index (χ1) is 12.4. The maximum absolute atomic E-state index is 12.1. The fraction of sp³-hybridized carbons (Fsp3) is 0.438. The zero-order valence-corrected chi connectivity index (χ0v) is 14.6.